The fourth-order valence-electron chi connectivity index (χ4n) is 1.09. The van der Waals surface area contributed by atoms with Gasteiger partial charge in [-0.2, -0.15) is 0 Å². The highest BCUT2D eigenvalue weighted by Gasteiger charge is 1.99. The van der Waals surface area contributed by atoms with E-state index in [9.17, 15) is 9.18 Å². The van der Waals surface area contributed by atoms with Crippen molar-refractivity contribution in [2.75, 3.05) is 12.3 Å². The Hall–Kier alpha value is -1.84. The summed E-state index contributed by atoms with van der Waals surface area (Å²) in [5.41, 5.74) is 6.24. The summed E-state index contributed by atoms with van der Waals surface area (Å²) in [5.74, 6) is -0.538. The minimum atomic E-state index is -0.434. The van der Waals surface area contributed by atoms with Gasteiger partial charge in [0.1, 0.15) is 5.82 Å². The van der Waals surface area contributed by atoms with Gasteiger partial charge >= 0.3 is 0 Å². The van der Waals surface area contributed by atoms with Gasteiger partial charge in [0.15, 0.2) is 0 Å². The third kappa shape index (κ3) is 3.42. The van der Waals surface area contributed by atoms with E-state index in [0.29, 0.717) is 12.1 Å². The molecule has 3 N–H and O–H groups in total. The van der Waals surface area contributed by atoms with Gasteiger partial charge in [-0.1, -0.05) is 24.3 Å². The SMILES string of the molecule is CC(=O)NCC=Cc1cccc(F)c1N. The molecular weight excluding hydrogens is 195 g/mol. The quantitative estimate of drug-likeness (QED) is 0.740. The standard InChI is InChI=1S/C11H13FN2O/c1-8(15)14-7-3-5-9-4-2-6-10(12)11(9)13/h2-6H,7,13H2,1H3,(H,14,15). The van der Waals surface area contributed by atoms with Gasteiger partial charge in [0.05, 0.1) is 5.69 Å². The number of rotatable bonds is 3. The van der Waals surface area contributed by atoms with Crippen molar-refractivity contribution in [1.29, 1.82) is 0 Å². The molecule has 0 atom stereocenters. The first-order chi connectivity index (χ1) is 7.11. The van der Waals surface area contributed by atoms with E-state index in [-0.39, 0.29) is 11.6 Å². The maximum atomic E-state index is 13.0. The van der Waals surface area contributed by atoms with Crippen LogP contribution in [0.15, 0.2) is 24.3 Å². The molecule has 0 aromatic heterocycles. The molecule has 0 aliphatic rings. The maximum absolute atomic E-state index is 13.0. The van der Waals surface area contributed by atoms with Gasteiger partial charge in [0, 0.05) is 19.0 Å². The Morgan fingerprint density at radius 3 is 3.00 bits per heavy atom. The second-order valence-corrected chi connectivity index (χ2v) is 3.08. The van der Waals surface area contributed by atoms with Crippen LogP contribution in [0.5, 0.6) is 0 Å². The minimum absolute atomic E-state index is 0.105. The summed E-state index contributed by atoms with van der Waals surface area (Å²) in [7, 11) is 0. The van der Waals surface area contributed by atoms with E-state index in [4.69, 9.17) is 5.73 Å². The molecule has 0 spiro atoms. The predicted octanol–water partition coefficient (Wildman–Crippen LogP) is 1.56. The number of anilines is 1. The molecule has 80 valence electrons. The maximum Gasteiger partial charge on any atom is 0.217 e. The fraction of sp³-hybridized carbons (Fsp3) is 0.182. The predicted molar refractivity (Wildman–Crippen MR) is 58.5 cm³/mol. The molecule has 4 heteroatoms. The number of hydrogen-bond donors (Lipinski definition) is 2. The van der Waals surface area contributed by atoms with Crippen LogP contribution in [0.3, 0.4) is 0 Å². The first-order valence-corrected chi connectivity index (χ1v) is 4.56. The zero-order chi connectivity index (χ0) is 11.3. The van der Waals surface area contributed by atoms with E-state index in [1.807, 2.05) is 0 Å². The molecular formula is C11H13FN2O. The highest BCUT2D eigenvalue weighted by atomic mass is 19.1. The van der Waals surface area contributed by atoms with Crippen molar-refractivity contribution in [1.82, 2.24) is 5.32 Å². The molecule has 15 heavy (non-hydrogen) atoms. The topological polar surface area (TPSA) is 55.1 Å². The Morgan fingerprint density at radius 2 is 2.33 bits per heavy atom. The molecule has 0 heterocycles. The van der Waals surface area contributed by atoms with Crippen molar-refractivity contribution in [3.8, 4) is 0 Å². The lowest BCUT2D eigenvalue weighted by Crippen LogP contribution is -2.19. The van der Waals surface area contributed by atoms with Crippen molar-refractivity contribution in [2.45, 2.75) is 6.92 Å². The number of nitrogens with one attached hydrogen (secondary N) is 1. The zero-order valence-electron chi connectivity index (χ0n) is 8.46. The third-order valence-electron chi connectivity index (χ3n) is 1.85. The Bertz CT molecular complexity index is 388. The van der Waals surface area contributed by atoms with Gasteiger partial charge in [-0.15, -0.1) is 0 Å². The highest BCUT2D eigenvalue weighted by Crippen LogP contribution is 2.16. The normalized spacial score (nSPS) is 10.5. The van der Waals surface area contributed by atoms with E-state index in [1.54, 1.807) is 24.3 Å². The Balaban J connectivity index is 2.64. The molecule has 0 saturated carbocycles. The molecule has 0 aliphatic carbocycles. The number of hydrogen-bond acceptors (Lipinski definition) is 2. The van der Waals surface area contributed by atoms with E-state index in [2.05, 4.69) is 5.32 Å². The number of amides is 1. The van der Waals surface area contributed by atoms with Crippen LogP contribution in [0.2, 0.25) is 0 Å². The number of carbonyl (C=O) groups is 1. The second kappa shape index (κ2) is 5.14. The summed E-state index contributed by atoms with van der Waals surface area (Å²) in [6, 6.07) is 4.60. The molecule has 0 saturated heterocycles. The van der Waals surface area contributed by atoms with Crippen molar-refractivity contribution in [2.24, 2.45) is 0 Å². The number of halogens is 1. The fourth-order valence-corrected chi connectivity index (χ4v) is 1.09. The number of para-hydroxylation sites is 1. The van der Waals surface area contributed by atoms with Gasteiger partial charge in [-0.05, 0) is 6.07 Å². The van der Waals surface area contributed by atoms with Crippen LogP contribution in [-0.2, 0) is 4.79 Å². The summed E-state index contributed by atoms with van der Waals surface area (Å²) in [6.45, 7) is 1.84. The summed E-state index contributed by atoms with van der Waals surface area (Å²) < 4.78 is 13.0. The molecule has 0 radical (unpaired) electrons. The summed E-state index contributed by atoms with van der Waals surface area (Å²) >= 11 is 0. The molecule has 1 aromatic rings. The van der Waals surface area contributed by atoms with Crippen LogP contribution >= 0.6 is 0 Å². The first kappa shape index (κ1) is 11.2. The van der Waals surface area contributed by atoms with Crippen molar-refractivity contribution in [3.05, 3.63) is 35.7 Å². The summed E-state index contributed by atoms with van der Waals surface area (Å²) in [4.78, 5) is 10.5. The molecule has 1 amide bonds. The van der Waals surface area contributed by atoms with Crippen molar-refractivity contribution in [3.63, 3.8) is 0 Å². The lowest BCUT2D eigenvalue weighted by molar-refractivity contribution is -0.118. The molecule has 1 aromatic carbocycles. The minimum Gasteiger partial charge on any atom is -0.396 e. The summed E-state index contributed by atoms with van der Waals surface area (Å²) in [6.07, 6.45) is 3.39. The van der Waals surface area contributed by atoms with Crippen molar-refractivity contribution < 1.29 is 9.18 Å². The number of nitrogens with two attached hydrogens (primary N) is 1. The average Bonchev–Trinajstić information content (AvgIpc) is 2.18. The van der Waals surface area contributed by atoms with Crippen LogP contribution in [0.1, 0.15) is 12.5 Å². The second-order valence-electron chi connectivity index (χ2n) is 3.08. The zero-order valence-corrected chi connectivity index (χ0v) is 8.46. The first-order valence-electron chi connectivity index (χ1n) is 4.56. The van der Waals surface area contributed by atoms with Crippen molar-refractivity contribution >= 4 is 17.7 Å². The smallest absolute Gasteiger partial charge is 0.217 e. The van der Waals surface area contributed by atoms with Gasteiger partial charge in [0.25, 0.3) is 0 Å². The largest absolute Gasteiger partial charge is 0.396 e. The molecule has 3 nitrogen and oxygen atoms in total. The number of benzene rings is 1. The van der Waals surface area contributed by atoms with Gasteiger partial charge in [-0.25, -0.2) is 4.39 Å². The number of nitrogen functional groups attached to an aromatic ring is 1. The highest BCUT2D eigenvalue weighted by molar-refractivity contribution is 5.73. The third-order valence-corrected chi connectivity index (χ3v) is 1.85. The van der Waals surface area contributed by atoms with Gasteiger partial charge in [0.2, 0.25) is 5.91 Å². The lowest BCUT2D eigenvalue weighted by Gasteiger charge is -2.01. The molecule has 1 rings (SSSR count). The van der Waals surface area contributed by atoms with E-state index in [0.717, 1.165) is 0 Å². The Labute approximate surface area is 87.8 Å². The Kier molecular flexibility index (Phi) is 3.85. The van der Waals surface area contributed by atoms with Crippen LogP contribution in [-0.4, -0.2) is 12.5 Å². The molecule has 0 unspecified atom stereocenters. The van der Waals surface area contributed by atoms with Crippen LogP contribution < -0.4 is 11.1 Å². The molecule has 0 fully saturated rings. The van der Waals surface area contributed by atoms with Gasteiger partial charge in [-0.3, -0.25) is 4.79 Å². The Morgan fingerprint density at radius 1 is 1.60 bits per heavy atom. The lowest BCUT2D eigenvalue weighted by atomic mass is 10.1. The average molecular weight is 208 g/mol. The molecule has 0 bridgehead atoms. The van der Waals surface area contributed by atoms with E-state index < -0.39 is 5.82 Å². The summed E-state index contributed by atoms with van der Waals surface area (Å²) in [5, 5.41) is 2.59. The molecule has 0 aliphatic heterocycles. The van der Waals surface area contributed by atoms with E-state index >= 15 is 0 Å². The van der Waals surface area contributed by atoms with Crippen LogP contribution in [0, 0.1) is 5.82 Å². The number of carbonyl (C=O) groups excluding carboxylic acids is 1. The monoisotopic (exact) mass is 208 g/mol. The van der Waals surface area contributed by atoms with Crippen LogP contribution in [0.25, 0.3) is 6.08 Å². The van der Waals surface area contributed by atoms with Gasteiger partial charge < -0.3 is 11.1 Å². The van der Waals surface area contributed by atoms with Crippen LogP contribution in [0.4, 0.5) is 10.1 Å². The van der Waals surface area contributed by atoms with E-state index in [1.165, 1.54) is 13.0 Å².